The van der Waals surface area contributed by atoms with E-state index in [0.29, 0.717) is 17.3 Å². The van der Waals surface area contributed by atoms with E-state index in [1.807, 2.05) is 31.6 Å². The van der Waals surface area contributed by atoms with E-state index in [-0.39, 0.29) is 42.0 Å². The van der Waals surface area contributed by atoms with Gasteiger partial charge in [-0.3, -0.25) is 9.69 Å². The highest BCUT2D eigenvalue weighted by atomic mass is 32.2. The molecule has 2 aromatic rings. The van der Waals surface area contributed by atoms with Gasteiger partial charge in [-0.15, -0.1) is 0 Å². The number of rotatable bonds is 8. The van der Waals surface area contributed by atoms with Crippen molar-refractivity contribution >= 4 is 39.7 Å². The van der Waals surface area contributed by atoms with Gasteiger partial charge in [-0.05, 0) is 58.9 Å². The van der Waals surface area contributed by atoms with Crippen LogP contribution in [0.15, 0.2) is 36.4 Å². The fourth-order valence-corrected chi connectivity index (χ4v) is 6.47. The third-order valence-electron chi connectivity index (χ3n) is 7.46. The van der Waals surface area contributed by atoms with Gasteiger partial charge >= 0.3 is 22.4 Å². The van der Waals surface area contributed by atoms with Gasteiger partial charge in [0.25, 0.3) is 5.91 Å². The Morgan fingerprint density at radius 2 is 1.62 bits per heavy atom. The molecule has 48 heavy (non-hydrogen) atoms. The minimum absolute atomic E-state index is 0.0161. The number of hydrogen-bond donors (Lipinski definition) is 1. The first-order chi connectivity index (χ1) is 22.0. The SMILES string of the molecule is CC(C)(C)CCN(C[C@H]1Cc2c(cc(OCc3ccccc3)c(N3CC(=O)NS3(=O)=O)c2F)N1C(=O)OC(C)(C)C)C(=O)OC(C)(C)C. The Morgan fingerprint density at radius 3 is 2.17 bits per heavy atom. The Bertz CT molecular complexity index is 1650. The minimum Gasteiger partial charge on any atom is -0.487 e. The standard InChI is InChI=1S/C34H47FN4O8S/c1-32(2,3)15-16-37(30(41)46-33(4,5)6)19-23-17-24-25(39(23)31(42)47-34(7,8)9)18-26(45-21-22-13-11-10-12-14-22)29(28(24)35)38-20-27(40)36-48(38,43)44/h10-14,18,23H,15-17,19-21H2,1-9H3,(H,36,40)/t23-/m1/s1. The monoisotopic (exact) mass is 690 g/mol. The van der Waals surface area contributed by atoms with Crippen LogP contribution in [-0.2, 0) is 37.5 Å². The summed E-state index contributed by atoms with van der Waals surface area (Å²) in [5, 5.41) is 0. The second-order valence-electron chi connectivity index (χ2n) is 15.3. The largest absolute Gasteiger partial charge is 0.487 e. The normalized spacial score (nSPS) is 17.5. The maximum atomic E-state index is 16.8. The number of nitrogens with zero attached hydrogens (tertiary/aromatic N) is 3. The summed E-state index contributed by atoms with van der Waals surface area (Å²) in [6.07, 6.45) is -0.843. The highest BCUT2D eigenvalue weighted by molar-refractivity contribution is 7.92. The van der Waals surface area contributed by atoms with Crippen molar-refractivity contribution in [3.8, 4) is 5.75 Å². The van der Waals surface area contributed by atoms with Gasteiger partial charge in [0.05, 0.1) is 11.7 Å². The first-order valence-corrected chi connectivity index (χ1v) is 17.3. The quantitative estimate of drug-likeness (QED) is 0.361. The van der Waals surface area contributed by atoms with Crippen LogP contribution in [0.1, 0.15) is 79.9 Å². The molecule has 3 amide bonds. The third kappa shape index (κ3) is 9.09. The summed E-state index contributed by atoms with van der Waals surface area (Å²) in [7, 11) is -4.43. The lowest BCUT2D eigenvalue weighted by molar-refractivity contribution is -0.117. The average molecular weight is 691 g/mol. The van der Waals surface area contributed by atoms with Gasteiger partial charge in [-0.25, -0.2) is 23.0 Å². The maximum absolute atomic E-state index is 16.8. The Labute approximate surface area is 282 Å². The smallest absolute Gasteiger partial charge is 0.415 e. The molecule has 12 nitrogen and oxygen atoms in total. The van der Waals surface area contributed by atoms with Crippen LogP contribution in [0.2, 0.25) is 0 Å². The first-order valence-electron chi connectivity index (χ1n) is 15.9. The van der Waals surface area contributed by atoms with Gasteiger partial charge in [0.15, 0.2) is 5.82 Å². The van der Waals surface area contributed by atoms with Crippen LogP contribution >= 0.6 is 0 Å². The molecule has 0 unspecified atom stereocenters. The van der Waals surface area contributed by atoms with E-state index < -0.39 is 63.6 Å². The summed E-state index contributed by atoms with van der Waals surface area (Å²) < 4.78 is 62.8. The van der Waals surface area contributed by atoms with Gasteiger partial charge in [-0.1, -0.05) is 51.1 Å². The molecule has 264 valence electrons. The number of nitrogens with one attached hydrogen (secondary N) is 1. The lowest BCUT2D eigenvalue weighted by Gasteiger charge is -2.34. The zero-order valence-electron chi connectivity index (χ0n) is 29.2. The van der Waals surface area contributed by atoms with E-state index in [9.17, 15) is 22.8 Å². The molecule has 0 spiro atoms. The molecule has 1 saturated heterocycles. The van der Waals surface area contributed by atoms with Gasteiger partial charge in [0.2, 0.25) is 0 Å². The molecule has 4 rings (SSSR count). The molecule has 1 fully saturated rings. The molecule has 14 heteroatoms. The molecule has 2 aliphatic heterocycles. The van der Waals surface area contributed by atoms with Gasteiger partial charge in [0, 0.05) is 31.1 Å². The number of carbonyl (C=O) groups is 3. The van der Waals surface area contributed by atoms with E-state index >= 15 is 4.39 Å². The third-order valence-corrected chi connectivity index (χ3v) is 8.84. The van der Waals surface area contributed by atoms with Crippen LogP contribution < -0.4 is 18.7 Å². The highest BCUT2D eigenvalue weighted by Crippen LogP contribution is 2.46. The second kappa shape index (κ2) is 13.4. The van der Waals surface area contributed by atoms with E-state index in [1.165, 1.54) is 15.9 Å². The summed E-state index contributed by atoms with van der Waals surface area (Å²) in [5.41, 5.74) is -1.46. The lowest BCUT2D eigenvalue weighted by atomic mass is 9.92. The average Bonchev–Trinajstić information content (AvgIpc) is 3.42. The van der Waals surface area contributed by atoms with Gasteiger partial charge in [-0.2, -0.15) is 8.42 Å². The predicted octanol–water partition coefficient (Wildman–Crippen LogP) is 5.93. The summed E-state index contributed by atoms with van der Waals surface area (Å²) >= 11 is 0. The molecule has 2 heterocycles. The Hall–Kier alpha value is -4.07. The van der Waals surface area contributed by atoms with Crippen molar-refractivity contribution in [3.05, 3.63) is 53.3 Å². The van der Waals surface area contributed by atoms with Crippen molar-refractivity contribution in [2.75, 3.05) is 28.8 Å². The van der Waals surface area contributed by atoms with Crippen molar-refractivity contribution in [3.63, 3.8) is 0 Å². The first kappa shape index (κ1) is 36.8. The van der Waals surface area contributed by atoms with E-state index in [2.05, 4.69) is 0 Å². The number of anilines is 2. The van der Waals surface area contributed by atoms with Crippen molar-refractivity contribution in [1.82, 2.24) is 9.62 Å². The topological polar surface area (TPSA) is 135 Å². The van der Waals surface area contributed by atoms with E-state index in [1.54, 1.807) is 65.8 Å². The summed E-state index contributed by atoms with van der Waals surface area (Å²) in [6, 6.07) is 9.55. The molecule has 2 aromatic carbocycles. The Morgan fingerprint density at radius 1 is 1.00 bits per heavy atom. The molecular formula is C34H47FN4O8S. The molecule has 1 atom stereocenters. The molecule has 0 bridgehead atoms. The number of halogens is 1. The summed E-state index contributed by atoms with van der Waals surface area (Å²) in [6.45, 7) is 16.0. The minimum atomic E-state index is -4.43. The number of ether oxygens (including phenoxy) is 3. The van der Waals surface area contributed by atoms with E-state index in [0.717, 1.165) is 5.56 Å². The molecular weight excluding hydrogens is 643 g/mol. The van der Waals surface area contributed by atoms with Gasteiger partial charge < -0.3 is 19.1 Å². The van der Waals surface area contributed by atoms with E-state index in [4.69, 9.17) is 14.2 Å². The summed E-state index contributed by atoms with van der Waals surface area (Å²) in [4.78, 5) is 42.3. The van der Waals surface area contributed by atoms with Crippen LogP contribution in [0.4, 0.5) is 25.4 Å². The highest BCUT2D eigenvalue weighted by Gasteiger charge is 2.45. The number of fused-ring (bicyclic) bond motifs is 1. The fraction of sp³-hybridized carbons (Fsp3) is 0.559. The summed E-state index contributed by atoms with van der Waals surface area (Å²) in [5.74, 6) is -1.99. The number of carbonyl (C=O) groups excluding carboxylic acids is 3. The van der Waals surface area contributed by atoms with Crippen LogP contribution in [0, 0.1) is 11.2 Å². The molecule has 0 aliphatic carbocycles. The van der Waals surface area contributed by atoms with Crippen LogP contribution in [0.5, 0.6) is 5.75 Å². The number of benzene rings is 2. The van der Waals surface area contributed by atoms with Crippen LogP contribution in [-0.4, -0.2) is 68.3 Å². The zero-order valence-corrected chi connectivity index (χ0v) is 30.0. The van der Waals surface area contributed by atoms with Crippen molar-refractivity contribution in [2.45, 2.75) is 99.0 Å². The second-order valence-corrected chi connectivity index (χ2v) is 16.9. The van der Waals surface area contributed by atoms with Crippen LogP contribution in [0.3, 0.4) is 0 Å². The number of amides is 3. The van der Waals surface area contributed by atoms with Crippen LogP contribution in [0.25, 0.3) is 0 Å². The van der Waals surface area contributed by atoms with Crippen molar-refractivity contribution < 1.29 is 41.4 Å². The Balaban J connectivity index is 1.83. The number of hydrogen-bond acceptors (Lipinski definition) is 8. The molecule has 0 radical (unpaired) electrons. The maximum Gasteiger partial charge on any atom is 0.415 e. The molecule has 0 saturated carbocycles. The molecule has 0 aromatic heterocycles. The zero-order chi connectivity index (χ0) is 35.8. The predicted molar refractivity (Wildman–Crippen MR) is 180 cm³/mol. The van der Waals surface area contributed by atoms with Crippen molar-refractivity contribution in [2.24, 2.45) is 5.41 Å². The molecule has 1 N–H and O–H groups in total. The fourth-order valence-electron chi connectivity index (χ4n) is 5.31. The lowest BCUT2D eigenvalue weighted by Crippen LogP contribution is -2.50. The molecule has 2 aliphatic rings. The van der Waals surface area contributed by atoms with Crippen molar-refractivity contribution in [1.29, 1.82) is 0 Å². The Kier molecular flexibility index (Phi) is 10.3. The van der Waals surface area contributed by atoms with Gasteiger partial charge in [0.1, 0.15) is 35.8 Å².